The van der Waals surface area contributed by atoms with Gasteiger partial charge in [-0.3, -0.25) is 9.48 Å². The van der Waals surface area contributed by atoms with E-state index in [1.165, 1.54) is 16.2 Å². The average Bonchev–Trinajstić information content (AvgIpc) is 2.99. The van der Waals surface area contributed by atoms with Gasteiger partial charge in [0.25, 0.3) is 5.91 Å². The van der Waals surface area contributed by atoms with Gasteiger partial charge in [0.05, 0.1) is 15.7 Å². The minimum absolute atomic E-state index is 0.286. The monoisotopic (exact) mass is 378 g/mol. The molecule has 1 N–H and O–H groups in total. The van der Waals surface area contributed by atoms with Gasteiger partial charge in [0.15, 0.2) is 5.69 Å². The summed E-state index contributed by atoms with van der Waals surface area (Å²) in [6.07, 6.45) is 4.18. The first-order chi connectivity index (χ1) is 10.5. The van der Waals surface area contributed by atoms with E-state index in [0.29, 0.717) is 20.7 Å². The summed E-state index contributed by atoms with van der Waals surface area (Å²) in [4.78, 5) is 13.7. The molecule has 0 saturated carbocycles. The van der Waals surface area contributed by atoms with Crippen LogP contribution in [0.5, 0.6) is 0 Å². The van der Waals surface area contributed by atoms with Crippen LogP contribution in [0.25, 0.3) is 0 Å². The molecule has 1 aliphatic carbocycles. The second-order valence-electron chi connectivity index (χ2n) is 5.35. The third-order valence-electron chi connectivity index (χ3n) is 3.99. The van der Waals surface area contributed by atoms with Crippen molar-refractivity contribution in [3.63, 3.8) is 0 Å². The quantitative estimate of drug-likeness (QED) is 0.868. The molecule has 1 amide bonds. The van der Waals surface area contributed by atoms with Crippen molar-refractivity contribution in [2.45, 2.75) is 32.6 Å². The van der Waals surface area contributed by atoms with E-state index in [4.69, 9.17) is 0 Å². The van der Waals surface area contributed by atoms with Gasteiger partial charge < -0.3 is 5.32 Å². The highest BCUT2D eigenvalue weighted by Gasteiger charge is 2.24. The van der Waals surface area contributed by atoms with Crippen molar-refractivity contribution in [2.24, 2.45) is 7.05 Å². The summed E-state index contributed by atoms with van der Waals surface area (Å²) in [6.45, 7) is 1.89. The third-order valence-corrected chi connectivity index (χ3v) is 6.14. The zero-order chi connectivity index (χ0) is 15.9. The van der Waals surface area contributed by atoms with Crippen LogP contribution in [-0.4, -0.2) is 15.7 Å². The molecule has 2 aromatic rings. The minimum atomic E-state index is -0.286. The number of nitrogens with zero attached hydrogens (tertiary/aromatic N) is 3. The highest BCUT2D eigenvalue weighted by atomic mass is 79.9. The second-order valence-corrected chi connectivity index (χ2v) is 7.25. The Hall–Kier alpha value is -1.65. The Bertz CT molecular complexity index is 800. The molecule has 3 rings (SSSR count). The van der Waals surface area contributed by atoms with Gasteiger partial charge in [0, 0.05) is 11.9 Å². The Balaban J connectivity index is 1.93. The van der Waals surface area contributed by atoms with Crippen molar-refractivity contribution in [1.82, 2.24) is 9.78 Å². The first-order valence-electron chi connectivity index (χ1n) is 7.08. The average molecular weight is 379 g/mol. The van der Waals surface area contributed by atoms with Crippen LogP contribution in [0.15, 0.2) is 4.47 Å². The summed E-state index contributed by atoms with van der Waals surface area (Å²) < 4.78 is 2.34. The molecule has 22 heavy (non-hydrogen) atoms. The zero-order valence-electron chi connectivity index (χ0n) is 12.4. The van der Waals surface area contributed by atoms with Gasteiger partial charge in [0.2, 0.25) is 0 Å². The molecule has 0 bridgehead atoms. The number of hydrogen-bond donors (Lipinski definition) is 1. The maximum atomic E-state index is 12.5. The van der Waals surface area contributed by atoms with Crippen molar-refractivity contribution in [1.29, 1.82) is 5.26 Å². The topological polar surface area (TPSA) is 70.7 Å². The first kappa shape index (κ1) is 15.3. The number of amides is 1. The number of rotatable bonds is 2. The van der Waals surface area contributed by atoms with E-state index in [1.54, 1.807) is 11.7 Å². The van der Waals surface area contributed by atoms with E-state index in [-0.39, 0.29) is 5.91 Å². The van der Waals surface area contributed by atoms with Crippen LogP contribution in [0.1, 0.15) is 45.0 Å². The van der Waals surface area contributed by atoms with Crippen LogP contribution in [0.3, 0.4) is 0 Å². The molecule has 5 nitrogen and oxygen atoms in total. The second kappa shape index (κ2) is 5.86. The molecule has 0 atom stereocenters. The van der Waals surface area contributed by atoms with E-state index in [1.807, 2.05) is 6.92 Å². The van der Waals surface area contributed by atoms with Crippen LogP contribution in [0.2, 0.25) is 0 Å². The van der Waals surface area contributed by atoms with E-state index < -0.39 is 0 Å². The minimum Gasteiger partial charge on any atom is -0.311 e. The van der Waals surface area contributed by atoms with Crippen molar-refractivity contribution < 1.29 is 4.79 Å². The lowest BCUT2D eigenvalue weighted by Gasteiger charge is -2.09. The molecule has 0 radical (unpaired) electrons. The van der Waals surface area contributed by atoms with Gasteiger partial charge in [0.1, 0.15) is 11.1 Å². The number of nitriles is 1. The molecule has 0 spiro atoms. The molecular formula is C15H15BrN4OS. The fourth-order valence-electron chi connectivity index (χ4n) is 2.66. The van der Waals surface area contributed by atoms with Crippen LogP contribution >= 0.6 is 27.3 Å². The van der Waals surface area contributed by atoms with E-state index in [9.17, 15) is 10.1 Å². The Morgan fingerprint density at radius 1 is 1.45 bits per heavy atom. The molecule has 7 heteroatoms. The summed E-state index contributed by atoms with van der Waals surface area (Å²) in [5.74, 6) is -0.286. The first-order valence-corrected chi connectivity index (χ1v) is 8.69. The lowest BCUT2D eigenvalue weighted by Crippen LogP contribution is -2.13. The van der Waals surface area contributed by atoms with Crippen LogP contribution in [0.4, 0.5) is 5.00 Å². The number of halogens is 1. The van der Waals surface area contributed by atoms with E-state index in [2.05, 4.69) is 32.4 Å². The number of hydrogen-bond acceptors (Lipinski definition) is 4. The summed E-state index contributed by atoms with van der Waals surface area (Å²) in [6, 6.07) is 2.25. The van der Waals surface area contributed by atoms with Gasteiger partial charge in [-0.25, -0.2) is 0 Å². The summed E-state index contributed by atoms with van der Waals surface area (Å²) >= 11 is 4.92. The predicted octanol–water partition coefficient (Wildman–Crippen LogP) is 3.56. The van der Waals surface area contributed by atoms with Gasteiger partial charge in [-0.2, -0.15) is 10.4 Å². The Kier molecular flexibility index (Phi) is 4.06. The Labute approximate surface area is 141 Å². The molecule has 0 unspecified atom stereocenters. The molecule has 2 heterocycles. The van der Waals surface area contributed by atoms with Gasteiger partial charge in [-0.1, -0.05) is 0 Å². The number of aromatic nitrogens is 2. The van der Waals surface area contributed by atoms with Crippen molar-refractivity contribution in [2.75, 3.05) is 5.32 Å². The molecule has 0 saturated heterocycles. The van der Waals surface area contributed by atoms with E-state index in [0.717, 1.165) is 36.9 Å². The van der Waals surface area contributed by atoms with Gasteiger partial charge in [-0.15, -0.1) is 11.3 Å². The summed E-state index contributed by atoms with van der Waals surface area (Å²) in [7, 11) is 1.79. The standard InChI is InChI=1S/C15H15BrN4OS/c1-8-12(16)13(19-20(8)2)14(21)18-15-10(7-17)9-5-3-4-6-11(9)22-15/h3-6H2,1-2H3,(H,18,21). The van der Waals surface area contributed by atoms with Crippen molar-refractivity contribution in [3.8, 4) is 6.07 Å². The fourth-order valence-corrected chi connectivity index (χ4v) is 4.41. The predicted molar refractivity (Wildman–Crippen MR) is 89.3 cm³/mol. The maximum Gasteiger partial charge on any atom is 0.277 e. The molecule has 0 fully saturated rings. The third kappa shape index (κ3) is 2.46. The zero-order valence-corrected chi connectivity index (χ0v) is 14.8. The molecule has 0 aromatic carbocycles. The van der Waals surface area contributed by atoms with Crippen LogP contribution < -0.4 is 5.32 Å². The van der Waals surface area contributed by atoms with Gasteiger partial charge >= 0.3 is 0 Å². The SMILES string of the molecule is Cc1c(Br)c(C(=O)Nc2sc3c(c2C#N)CCCC3)nn1C. The number of anilines is 1. The molecule has 1 aliphatic rings. The normalized spacial score (nSPS) is 13.5. The Morgan fingerprint density at radius 3 is 2.82 bits per heavy atom. The summed E-state index contributed by atoms with van der Waals surface area (Å²) in [5, 5.41) is 17.2. The molecule has 0 aliphatic heterocycles. The van der Waals surface area contributed by atoms with Crippen molar-refractivity contribution in [3.05, 3.63) is 31.9 Å². The molecule has 2 aromatic heterocycles. The summed E-state index contributed by atoms with van der Waals surface area (Å²) in [5.41, 5.74) is 2.97. The lowest BCUT2D eigenvalue weighted by atomic mass is 9.96. The fraction of sp³-hybridized carbons (Fsp3) is 0.400. The number of fused-ring (bicyclic) bond motifs is 1. The molecular weight excluding hydrogens is 364 g/mol. The number of carbonyl (C=O) groups is 1. The van der Waals surface area contributed by atoms with Crippen molar-refractivity contribution >= 4 is 38.2 Å². The largest absolute Gasteiger partial charge is 0.311 e. The lowest BCUT2D eigenvalue weighted by molar-refractivity contribution is 0.102. The van der Waals surface area contributed by atoms with E-state index >= 15 is 0 Å². The maximum absolute atomic E-state index is 12.5. The number of thiophene rings is 1. The smallest absolute Gasteiger partial charge is 0.277 e. The van der Waals surface area contributed by atoms with Gasteiger partial charge in [-0.05, 0) is 54.1 Å². The highest BCUT2D eigenvalue weighted by molar-refractivity contribution is 9.10. The number of nitrogens with one attached hydrogen (secondary N) is 1. The number of aryl methyl sites for hydroxylation is 2. The van der Waals surface area contributed by atoms with Crippen LogP contribution in [-0.2, 0) is 19.9 Å². The van der Waals surface area contributed by atoms with Crippen LogP contribution in [0, 0.1) is 18.3 Å². The number of carbonyl (C=O) groups excluding carboxylic acids is 1. The molecule has 114 valence electrons. The highest BCUT2D eigenvalue weighted by Crippen LogP contribution is 2.38. The Morgan fingerprint density at radius 2 is 2.18 bits per heavy atom.